The first-order valence-corrected chi connectivity index (χ1v) is 2.65. The van der Waals surface area contributed by atoms with Gasteiger partial charge >= 0.3 is 18.0 Å². The summed E-state index contributed by atoms with van der Waals surface area (Å²) in [6.45, 7) is 0. The maximum atomic E-state index is 11.9. The Kier molecular flexibility index (Phi) is 1.51. The quantitative estimate of drug-likeness (QED) is 0.410. The molecule has 0 bridgehead atoms. The van der Waals surface area contributed by atoms with Crippen LogP contribution < -0.4 is 0 Å². The van der Waals surface area contributed by atoms with Crippen molar-refractivity contribution in [3.05, 3.63) is 11.6 Å². The van der Waals surface area contributed by atoms with E-state index in [0.717, 1.165) is 0 Å². The highest BCUT2D eigenvalue weighted by molar-refractivity contribution is 5.37. The monoisotopic (exact) mass is 194 g/mol. The molecule has 0 amide bonds. The van der Waals surface area contributed by atoms with E-state index in [0.29, 0.717) is 0 Å². The Bertz CT molecular complexity index is 233. The van der Waals surface area contributed by atoms with Gasteiger partial charge in [-0.05, 0) is 0 Å². The van der Waals surface area contributed by atoms with Crippen molar-refractivity contribution in [1.29, 1.82) is 0 Å². The first-order valence-electron chi connectivity index (χ1n) is 2.65. The predicted octanol–water partition coefficient (Wildman–Crippen LogP) is 2.76. The molecule has 0 aromatic heterocycles. The van der Waals surface area contributed by atoms with Crippen molar-refractivity contribution in [2.75, 3.05) is 0 Å². The summed E-state index contributed by atoms with van der Waals surface area (Å²) >= 11 is 0. The molecule has 0 aliphatic heterocycles. The maximum absolute atomic E-state index is 11.9. The molecule has 0 aromatic carbocycles. The van der Waals surface area contributed by atoms with Crippen LogP contribution in [0.1, 0.15) is 0 Å². The Hall–Kier alpha value is -0.750. The lowest BCUT2D eigenvalue weighted by Crippen LogP contribution is -2.53. The average molecular weight is 194 g/mol. The van der Waals surface area contributed by atoms with Gasteiger partial charge in [0.1, 0.15) is 5.57 Å². The average Bonchev–Trinajstić information content (AvgIpc) is 1.81. The van der Waals surface area contributed by atoms with Crippen molar-refractivity contribution in [3.8, 4) is 0 Å². The standard InChI is InChI=1S/C5HF7/c6-3(7)1-2(4(3,8)9)5(10,11)12/h1H. The Balaban J connectivity index is 3.02. The van der Waals surface area contributed by atoms with Crippen molar-refractivity contribution in [1.82, 2.24) is 0 Å². The second kappa shape index (κ2) is 1.94. The first kappa shape index (κ1) is 9.34. The molecule has 1 aliphatic rings. The van der Waals surface area contributed by atoms with Crippen molar-refractivity contribution in [2.24, 2.45) is 0 Å². The van der Waals surface area contributed by atoms with E-state index < -0.39 is 29.7 Å². The summed E-state index contributed by atoms with van der Waals surface area (Å²) in [7, 11) is 0. The lowest BCUT2D eigenvalue weighted by molar-refractivity contribution is -0.225. The molecule has 0 spiro atoms. The highest BCUT2D eigenvalue weighted by Crippen LogP contribution is 2.55. The molecular weight excluding hydrogens is 193 g/mol. The van der Waals surface area contributed by atoms with Gasteiger partial charge in [-0.15, -0.1) is 0 Å². The van der Waals surface area contributed by atoms with Gasteiger partial charge in [0.15, 0.2) is 0 Å². The third kappa shape index (κ3) is 0.987. The Morgan fingerprint density at radius 2 is 1.42 bits per heavy atom. The molecule has 0 radical (unpaired) electrons. The lowest BCUT2D eigenvalue weighted by Gasteiger charge is -2.35. The van der Waals surface area contributed by atoms with Gasteiger partial charge in [-0.25, -0.2) is 0 Å². The molecule has 12 heavy (non-hydrogen) atoms. The van der Waals surface area contributed by atoms with Gasteiger partial charge in [-0.1, -0.05) is 0 Å². The van der Waals surface area contributed by atoms with E-state index in [1.54, 1.807) is 0 Å². The summed E-state index contributed by atoms with van der Waals surface area (Å²) in [5.41, 5.74) is -2.47. The minimum atomic E-state index is -5.38. The molecule has 0 nitrogen and oxygen atoms in total. The topological polar surface area (TPSA) is 0 Å². The molecule has 0 saturated carbocycles. The summed E-state index contributed by atoms with van der Waals surface area (Å²) in [5.74, 6) is -9.75. The van der Waals surface area contributed by atoms with Crippen molar-refractivity contribution in [2.45, 2.75) is 18.0 Å². The maximum Gasteiger partial charge on any atom is 0.418 e. The van der Waals surface area contributed by atoms with Crippen LogP contribution >= 0.6 is 0 Å². The third-order valence-corrected chi connectivity index (χ3v) is 1.39. The van der Waals surface area contributed by atoms with Crippen molar-refractivity contribution in [3.63, 3.8) is 0 Å². The number of hydrogen-bond acceptors (Lipinski definition) is 0. The smallest absolute Gasteiger partial charge is 0.195 e. The van der Waals surface area contributed by atoms with E-state index in [1.807, 2.05) is 0 Å². The van der Waals surface area contributed by atoms with E-state index in [-0.39, 0.29) is 0 Å². The molecule has 1 aliphatic carbocycles. The van der Waals surface area contributed by atoms with Crippen molar-refractivity contribution < 1.29 is 30.7 Å². The Morgan fingerprint density at radius 1 is 1.00 bits per heavy atom. The van der Waals surface area contributed by atoms with E-state index in [4.69, 9.17) is 0 Å². The van der Waals surface area contributed by atoms with Crippen LogP contribution in [-0.4, -0.2) is 18.0 Å². The molecule has 0 aromatic rings. The second-order valence-electron chi connectivity index (χ2n) is 2.25. The molecule has 0 heterocycles. The van der Waals surface area contributed by atoms with Gasteiger partial charge in [0.25, 0.3) is 0 Å². The van der Waals surface area contributed by atoms with Gasteiger partial charge < -0.3 is 0 Å². The van der Waals surface area contributed by atoms with E-state index in [1.165, 1.54) is 0 Å². The summed E-state index contributed by atoms with van der Waals surface area (Å²) in [6, 6.07) is 0. The van der Waals surface area contributed by atoms with Crippen molar-refractivity contribution >= 4 is 0 Å². The fourth-order valence-electron chi connectivity index (χ4n) is 0.724. The number of allylic oxidation sites excluding steroid dienone is 2. The number of rotatable bonds is 0. The van der Waals surface area contributed by atoms with E-state index in [2.05, 4.69) is 0 Å². The number of alkyl halides is 7. The van der Waals surface area contributed by atoms with Crippen LogP contribution in [0.3, 0.4) is 0 Å². The molecule has 1 rings (SSSR count). The van der Waals surface area contributed by atoms with Crippen LogP contribution in [0.25, 0.3) is 0 Å². The predicted molar refractivity (Wildman–Crippen MR) is 24.0 cm³/mol. The molecule has 0 atom stereocenters. The Morgan fingerprint density at radius 3 is 1.50 bits per heavy atom. The minimum Gasteiger partial charge on any atom is -0.195 e. The van der Waals surface area contributed by atoms with Gasteiger partial charge in [-0.3, -0.25) is 0 Å². The van der Waals surface area contributed by atoms with Crippen LogP contribution in [0.15, 0.2) is 11.6 Å². The van der Waals surface area contributed by atoms with Crippen LogP contribution in [0.2, 0.25) is 0 Å². The fraction of sp³-hybridized carbons (Fsp3) is 0.600. The number of hydrogen-bond donors (Lipinski definition) is 0. The van der Waals surface area contributed by atoms with Crippen LogP contribution in [0.5, 0.6) is 0 Å². The lowest BCUT2D eigenvalue weighted by atomic mass is 9.89. The van der Waals surface area contributed by atoms with Gasteiger partial charge in [0.05, 0.1) is 0 Å². The SMILES string of the molecule is FC(F)(F)C1=CC(F)(F)C1(F)F. The van der Waals surface area contributed by atoms with Crippen LogP contribution in [-0.2, 0) is 0 Å². The number of halogens is 7. The van der Waals surface area contributed by atoms with Gasteiger partial charge in [-0.2, -0.15) is 30.7 Å². The fourth-order valence-corrected chi connectivity index (χ4v) is 0.724. The molecule has 0 saturated heterocycles. The minimum absolute atomic E-state index is 0.771. The second-order valence-corrected chi connectivity index (χ2v) is 2.25. The zero-order chi connectivity index (χ0) is 9.78. The third-order valence-electron chi connectivity index (χ3n) is 1.39. The zero-order valence-electron chi connectivity index (χ0n) is 5.22. The highest BCUT2D eigenvalue weighted by atomic mass is 19.4. The molecule has 7 heteroatoms. The largest absolute Gasteiger partial charge is 0.418 e. The molecule has 0 unspecified atom stereocenters. The molecule has 0 N–H and O–H groups in total. The van der Waals surface area contributed by atoms with Gasteiger partial charge in [0.2, 0.25) is 0 Å². The highest BCUT2D eigenvalue weighted by Gasteiger charge is 2.72. The first-order chi connectivity index (χ1) is 5.09. The molecule has 70 valence electrons. The zero-order valence-corrected chi connectivity index (χ0v) is 5.22. The van der Waals surface area contributed by atoms with Crippen LogP contribution in [0, 0.1) is 0 Å². The van der Waals surface area contributed by atoms with E-state index >= 15 is 0 Å². The summed E-state index contributed by atoms with van der Waals surface area (Å²) in [4.78, 5) is 0. The van der Waals surface area contributed by atoms with Gasteiger partial charge in [0, 0.05) is 6.08 Å². The molecule has 0 fully saturated rings. The summed E-state index contributed by atoms with van der Waals surface area (Å²) in [6.07, 6.45) is -6.15. The van der Waals surface area contributed by atoms with Crippen LogP contribution in [0.4, 0.5) is 30.7 Å². The summed E-state index contributed by atoms with van der Waals surface area (Å²) in [5, 5.41) is 0. The Labute approximate surface area is 61.7 Å². The summed E-state index contributed by atoms with van der Waals surface area (Å²) < 4.78 is 81.8. The van der Waals surface area contributed by atoms with E-state index in [9.17, 15) is 30.7 Å². The normalized spacial score (nSPS) is 26.1. The molecular formula is C5HF7.